The highest BCUT2D eigenvalue weighted by atomic mass is 32.1. The summed E-state index contributed by atoms with van der Waals surface area (Å²) in [4.78, 5) is 0. The number of thiol groups is 2. The molecule has 0 amide bonds. The van der Waals surface area contributed by atoms with Gasteiger partial charge in [0.25, 0.3) is 0 Å². The van der Waals surface area contributed by atoms with E-state index in [1.54, 1.807) is 0 Å². The monoisotopic (exact) mass is 136 g/mol. The summed E-state index contributed by atoms with van der Waals surface area (Å²) in [5, 5.41) is 0. The van der Waals surface area contributed by atoms with E-state index in [-0.39, 0.29) is 4.75 Å². The van der Waals surface area contributed by atoms with Crippen LogP contribution in [0.25, 0.3) is 0 Å². The number of hydrogen-bond acceptors (Lipinski definition) is 2. The summed E-state index contributed by atoms with van der Waals surface area (Å²) in [6.07, 6.45) is 1.08. The number of hydrogen-bond donors (Lipinski definition) is 2. The van der Waals surface area contributed by atoms with Crippen molar-refractivity contribution in [3.8, 4) is 0 Å². The fourth-order valence-electron chi connectivity index (χ4n) is 0.112. The minimum absolute atomic E-state index is 0.142. The van der Waals surface area contributed by atoms with Gasteiger partial charge in [0.2, 0.25) is 0 Å². The lowest BCUT2D eigenvalue weighted by molar-refractivity contribution is 0.704. The van der Waals surface area contributed by atoms with E-state index < -0.39 is 0 Å². The van der Waals surface area contributed by atoms with Gasteiger partial charge in [-0.2, -0.15) is 25.3 Å². The second kappa shape index (κ2) is 2.88. The molecule has 0 aliphatic carbocycles. The average Bonchev–Trinajstić information content (AvgIpc) is 1.68. The Balaban J connectivity index is 3.36. The summed E-state index contributed by atoms with van der Waals surface area (Å²) >= 11 is 8.42. The SMILES string of the molecule is CC[C@@](C)(S)CS. The van der Waals surface area contributed by atoms with Gasteiger partial charge in [-0.3, -0.25) is 0 Å². The van der Waals surface area contributed by atoms with Crippen LogP contribution in [-0.2, 0) is 0 Å². The first-order valence-electron chi connectivity index (χ1n) is 2.45. The average molecular weight is 136 g/mol. The highest BCUT2D eigenvalue weighted by Crippen LogP contribution is 2.18. The summed E-state index contributed by atoms with van der Waals surface area (Å²) in [6, 6.07) is 0. The van der Waals surface area contributed by atoms with E-state index in [1.807, 2.05) is 0 Å². The Bertz CT molecular complexity index is 44.0. The first-order valence-corrected chi connectivity index (χ1v) is 3.53. The molecule has 0 saturated carbocycles. The predicted octanol–water partition coefficient (Wildman–Crippen LogP) is 2.01. The van der Waals surface area contributed by atoms with Crippen molar-refractivity contribution in [2.75, 3.05) is 5.75 Å². The highest BCUT2D eigenvalue weighted by molar-refractivity contribution is 7.85. The van der Waals surface area contributed by atoms with E-state index in [0.717, 1.165) is 12.2 Å². The van der Waals surface area contributed by atoms with Gasteiger partial charge in [0.15, 0.2) is 0 Å². The van der Waals surface area contributed by atoms with E-state index in [2.05, 4.69) is 39.1 Å². The molecule has 0 heterocycles. The van der Waals surface area contributed by atoms with Gasteiger partial charge in [-0.15, -0.1) is 0 Å². The van der Waals surface area contributed by atoms with Gasteiger partial charge in [0, 0.05) is 10.5 Å². The maximum atomic E-state index is 4.31. The van der Waals surface area contributed by atoms with Crippen LogP contribution >= 0.6 is 25.3 Å². The van der Waals surface area contributed by atoms with E-state index in [1.165, 1.54) is 0 Å². The zero-order valence-electron chi connectivity index (χ0n) is 4.81. The third-order valence-electron chi connectivity index (χ3n) is 1.10. The maximum Gasteiger partial charge on any atom is 0.0187 e. The molecule has 0 saturated heterocycles. The largest absolute Gasteiger partial charge is 0.178 e. The van der Waals surface area contributed by atoms with Crippen LogP contribution in [0.15, 0.2) is 0 Å². The van der Waals surface area contributed by atoms with Crippen LogP contribution < -0.4 is 0 Å². The molecular formula is C5H12S2. The molecular weight excluding hydrogens is 124 g/mol. The zero-order chi connectivity index (χ0) is 5.91. The van der Waals surface area contributed by atoms with Crippen LogP contribution in [0, 0.1) is 0 Å². The molecule has 0 bridgehead atoms. The first-order chi connectivity index (χ1) is 3.12. The van der Waals surface area contributed by atoms with Crippen LogP contribution in [-0.4, -0.2) is 10.5 Å². The lowest BCUT2D eigenvalue weighted by Crippen LogP contribution is -2.16. The molecule has 7 heavy (non-hydrogen) atoms. The standard InChI is InChI=1S/C5H12S2/c1-3-5(2,7)4-6/h6-7H,3-4H2,1-2H3/t5-/m1/s1. The third kappa shape index (κ3) is 3.30. The van der Waals surface area contributed by atoms with Gasteiger partial charge in [-0.05, 0) is 13.3 Å². The highest BCUT2D eigenvalue weighted by Gasteiger charge is 2.11. The molecule has 0 fully saturated rings. The fraction of sp³-hybridized carbons (Fsp3) is 1.00. The third-order valence-corrected chi connectivity index (χ3v) is 2.52. The molecule has 0 rings (SSSR count). The second-order valence-corrected chi connectivity index (χ2v) is 3.40. The van der Waals surface area contributed by atoms with E-state index in [9.17, 15) is 0 Å². The smallest absolute Gasteiger partial charge is 0.0187 e. The van der Waals surface area contributed by atoms with Gasteiger partial charge < -0.3 is 0 Å². The first kappa shape index (κ1) is 7.70. The molecule has 0 aliphatic rings. The van der Waals surface area contributed by atoms with Crippen LogP contribution in [0.4, 0.5) is 0 Å². The molecule has 0 spiro atoms. The lowest BCUT2D eigenvalue weighted by atomic mass is 10.1. The quantitative estimate of drug-likeness (QED) is 0.533. The van der Waals surface area contributed by atoms with Gasteiger partial charge in [0.1, 0.15) is 0 Å². The second-order valence-electron chi connectivity index (χ2n) is 2.01. The van der Waals surface area contributed by atoms with Crippen LogP contribution in [0.3, 0.4) is 0 Å². The van der Waals surface area contributed by atoms with Crippen molar-refractivity contribution in [1.82, 2.24) is 0 Å². The van der Waals surface area contributed by atoms with Crippen molar-refractivity contribution < 1.29 is 0 Å². The summed E-state index contributed by atoms with van der Waals surface area (Å²) < 4.78 is 0.142. The predicted molar refractivity (Wildman–Crippen MR) is 41.5 cm³/mol. The summed E-state index contributed by atoms with van der Waals surface area (Å²) in [5.74, 6) is 0.854. The molecule has 0 aromatic rings. The van der Waals surface area contributed by atoms with Gasteiger partial charge in [-0.25, -0.2) is 0 Å². The van der Waals surface area contributed by atoms with Crippen LogP contribution in [0.2, 0.25) is 0 Å². The lowest BCUT2D eigenvalue weighted by Gasteiger charge is -2.16. The van der Waals surface area contributed by atoms with E-state index in [4.69, 9.17) is 0 Å². The topological polar surface area (TPSA) is 0 Å². The van der Waals surface area contributed by atoms with Crippen molar-refractivity contribution in [1.29, 1.82) is 0 Å². The number of rotatable bonds is 2. The maximum absolute atomic E-state index is 4.31. The summed E-state index contributed by atoms with van der Waals surface area (Å²) in [5.41, 5.74) is 0. The minimum Gasteiger partial charge on any atom is -0.178 e. The normalized spacial score (nSPS) is 18.9. The zero-order valence-corrected chi connectivity index (χ0v) is 6.60. The Morgan fingerprint density at radius 3 is 2.00 bits per heavy atom. The molecule has 0 aromatic carbocycles. The van der Waals surface area contributed by atoms with Crippen LogP contribution in [0.1, 0.15) is 20.3 Å². The van der Waals surface area contributed by atoms with Gasteiger partial charge >= 0.3 is 0 Å². The molecule has 0 radical (unpaired) electrons. The van der Waals surface area contributed by atoms with E-state index >= 15 is 0 Å². The molecule has 44 valence electrons. The van der Waals surface area contributed by atoms with Gasteiger partial charge in [0.05, 0.1) is 0 Å². The van der Waals surface area contributed by atoms with Crippen molar-refractivity contribution >= 4 is 25.3 Å². The van der Waals surface area contributed by atoms with Crippen molar-refractivity contribution in [3.05, 3.63) is 0 Å². The summed E-state index contributed by atoms with van der Waals surface area (Å²) in [7, 11) is 0. The Morgan fingerprint density at radius 2 is 2.00 bits per heavy atom. The molecule has 0 aromatic heterocycles. The van der Waals surface area contributed by atoms with Crippen molar-refractivity contribution in [3.63, 3.8) is 0 Å². The van der Waals surface area contributed by atoms with E-state index in [0.29, 0.717) is 0 Å². The molecule has 1 atom stereocenters. The molecule has 0 N–H and O–H groups in total. The summed E-state index contributed by atoms with van der Waals surface area (Å²) in [6.45, 7) is 4.20. The molecule has 0 unspecified atom stereocenters. The van der Waals surface area contributed by atoms with Crippen molar-refractivity contribution in [2.45, 2.75) is 25.0 Å². The fourth-order valence-corrected chi connectivity index (χ4v) is 0.335. The van der Waals surface area contributed by atoms with Crippen LogP contribution in [0.5, 0.6) is 0 Å². The molecule has 0 nitrogen and oxygen atoms in total. The Kier molecular flexibility index (Phi) is 3.16. The Labute approximate surface area is 56.5 Å². The minimum atomic E-state index is 0.142. The van der Waals surface area contributed by atoms with Crippen molar-refractivity contribution in [2.24, 2.45) is 0 Å². The molecule has 2 heteroatoms. The molecule has 0 aliphatic heterocycles. The Hall–Kier alpha value is 0.700. The van der Waals surface area contributed by atoms with Gasteiger partial charge in [-0.1, -0.05) is 6.92 Å². The Morgan fingerprint density at radius 1 is 1.57 bits per heavy atom.